The molecule has 0 unspecified atom stereocenters. The van der Waals surface area contributed by atoms with E-state index in [0.717, 1.165) is 28.7 Å². The van der Waals surface area contributed by atoms with Crippen molar-refractivity contribution in [2.45, 2.75) is 20.0 Å². The number of hydrogen-bond acceptors (Lipinski definition) is 3. The van der Waals surface area contributed by atoms with Gasteiger partial charge >= 0.3 is 0 Å². The summed E-state index contributed by atoms with van der Waals surface area (Å²) in [5.74, 6) is -0.200. The van der Waals surface area contributed by atoms with E-state index in [4.69, 9.17) is 11.6 Å². The van der Waals surface area contributed by atoms with Crippen LogP contribution < -0.4 is 10.2 Å². The molecule has 108 valence electrons. The minimum Gasteiger partial charge on any atom is -0.369 e. The third-order valence-electron chi connectivity index (χ3n) is 3.04. The molecular formula is C15H18ClFN2S. The molecule has 0 aliphatic rings. The minimum absolute atomic E-state index is 0.200. The lowest BCUT2D eigenvalue weighted by Gasteiger charge is -2.22. The third kappa shape index (κ3) is 3.95. The Morgan fingerprint density at radius 3 is 2.75 bits per heavy atom. The van der Waals surface area contributed by atoms with Crippen molar-refractivity contribution in [1.29, 1.82) is 0 Å². The second kappa shape index (κ2) is 7.07. The fourth-order valence-electron chi connectivity index (χ4n) is 2.08. The van der Waals surface area contributed by atoms with Gasteiger partial charge in [0.25, 0.3) is 0 Å². The third-order valence-corrected chi connectivity index (χ3v) is 4.26. The smallest absolute Gasteiger partial charge is 0.123 e. The van der Waals surface area contributed by atoms with Gasteiger partial charge in [0, 0.05) is 24.2 Å². The SMILES string of the molecule is CCNCc1cc(F)ccc1N(C)Cc1ccc(Cl)s1. The Kier molecular flexibility index (Phi) is 5.40. The van der Waals surface area contributed by atoms with E-state index in [0.29, 0.717) is 6.54 Å². The van der Waals surface area contributed by atoms with Gasteiger partial charge in [0.1, 0.15) is 5.82 Å². The lowest BCUT2D eigenvalue weighted by molar-refractivity contribution is 0.621. The van der Waals surface area contributed by atoms with Gasteiger partial charge in [-0.1, -0.05) is 18.5 Å². The number of anilines is 1. The number of hydrogen-bond donors (Lipinski definition) is 1. The van der Waals surface area contributed by atoms with Gasteiger partial charge in [0.2, 0.25) is 0 Å². The van der Waals surface area contributed by atoms with Crippen LogP contribution in [0.3, 0.4) is 0 Å². The molecule has 0 saturated heterocycles. The first kappa shape index (κ1) is 15.3. The summed E-state index contributed by atoms with van der Waals surface area (Å²) in [6, 6.07) is 8.85. The van der Waals surface area contributed by atoms with Gasteiger partial charge < -0.3 is 10.2 Å². The maximum Gasteiger partial charge on any atom is 0.123 e. The molecule has 0 saturated carbocycles. The van der Waals surface area contributed by atoms with Crippen molar-refractivity contribution in [3.63, 3.8) is 0 Å². The van der Waals surface area contributed by atoms with Crippen LogP contribution >= 0.6 is 22.9 Å². The molecule has 1 N–H and O–H groups in total. The Morgan fingerprint density at radius 2 is 2.10 bits per heavy atom. The average molecular weight is 313 g/mol. The molecular weight excluding hydrogens is 295 g/mol. The molecule has 2 rings (SSSR count). The van der Waals surface area contributed by atoms with Crippen molar-refractivity contribution in [1.82, 2.24) is 5.32 Å². The number of rotatable bonds is 6. The van der Waals surface area contributed by atoms with E-state index >= 15 is 0 Å². The van der Waals surface area contributed by atoms with Crippen LogP contribution in [-0.2, 0) is 13.1 Å². The number of benzene rings is 1. The van der Waals surface area contributed by atoms with Crippen LogP contribution in [0.2, 0.25) is 4.34 Å². The number of nitrogens with zero attached hydrogens (tertiary/aromatic N) is 1. The van der Waals surface area contributed by atoms with Gasteiger partial charge in [0.05, 0.1) is 10.9 Å². The summed E-state index contributed by atoms with van der Waals surface area (Å²) >= 11 is 7.52. The van der Waals surface area contributed by atoms with E-state index in [9.17, 15) is 4.39 Å². The summed E-state index contributed by atoms with van der Waals surface area (Å²) < 4.78 is 14.2. The highest BCUT2D eigenvalue weighted by Gasteiger charge is 2.10. The van der Waals surface area contributed by atoms with Crippen molar-refractivity contribution in [3.05, 3.63) is 50.9 Å². The molecule has 5 heteroatoms. The van der Waals surface area contributed by atoms with E-state index in [1.54, 1.807) is 17.4 Å². The molecule has 2 aromatic rings. The molecule has 0 aliphatic carbocycles. The summed E-state index contributed by atoms with van der Waals surface area (Å²) in [6.07, 6.45) is 0. The molecule has 0 aliphatic heterocycles. The zero-order valence-electron chi connectivity index (χ0n) is 11.6. The van der Waals surface area contributed by atoms with Crippen molar-refractivity contribution >= 4 is 28.6 Å². The second-order valence-corrected chi connectivity index (χ2v) is 6.41. The predicted octanol–water partition coefficient (Wildman–Crippen LogP) is 4.29. The van der Waals surface area contributed by atoms with Crippen LogP contribution in [0.15, 0.2) is 30.3 Å². The zero-order chi connectivity index (χ0) is 14.5. The molecule has 0 bridgehead atoms. The van der Waals surface area contributed by atoms with Gasteiger partial charge in [-0.2, -0.15) is 0 Å². The van der Waals surface area contributed by atoms with Crippen LogP contribution in [0.25, 0.3) is 0 Å². The first-order valence-electron chi connectivity index (χ1n) is 6.54. The van der Waals surface area contributed by atoms with Crippen LogP contribution in [0.5, 0.6) is 0 Å². The lowest BCUT2D eigenvalue weighted by atomic mass is 10.1. The van der Waals surface area contributed by atoms with Gasteiger partial charge in [-0.3, -0.25) is 0 Å². The van der Waals surface area contributed by atoms with Crippen molar-refractivity contribution in [2.24, 2.45) is 0 Å². The monoisotopic (exact) mass is 312 g/mol. The van der Waals surface area contributed by atoms with Crippen molar-refractivity contribution < 1.29 is 4.39 Å². The van der Waals surface area contributed by atoms with E-state index in [1.807, 2.05) is 32.2 Å². The predicted molar refractivity (Wildman–Crippen MR) is 85.2 cm³/mol. The highest BCUT2D eigenvalue weighted by atomic mass is 35.5. The van der Waals surface area contributed by atoms with Gasteiger partial charge in [0.15, 0.2) is 0 Å². The van der Waals surface area contributed by atoms with Gasteiger partial charge in [-0.05, 0) is 42.4 Å². The Hall–Kier alpha value is -1.10. The molecule has 2 nitrogen and oxygen atoms in total. The maximum atomic E-state index is 13.4. The maximum absolute atomic E-state index is 13.4. The van der Waals surface area contributed by atoms with Gasteiger partial charge in [-0.15, -0.1) is 11.3 Å². The second-order valence-electron chi connectivity index (χ2n) is 4.62. The summed E-state index contributed by atoms with van der Waals surface area (Å²) in [5, 5.41) is 3.24. The van der Waals surface area contributed by atoms with E-state index in [1.165, 1.54) is 10.9 Å². The van der Waals surface area contributed by atoms with Crippen LogP contribution in [-0.4, -0.2) is 13.6 Å². The molecule has 0 fully saturated rings. The zero-order valence-corrected chi connectivity index (χ0v) is 13.2. The Morgan fingerprint density at radius 1 is 1.30 bits per heavy atom. The summed E-state index contributed by atoms with van der Waals surface area (Å²) in [7, 11) is 2.01. The van der Waals surface area contributed by atoms with E-state index in [2.05, 4.69) is 10.2 Å². The molecule has 20 heavy (non-hydrogen) atoms. The van der Waals surface area contributed by atoms with Crippen molar-refractivity contribution in [3.8, 4) is 0 Å². The standard InChI is InChI=1S/C15H18ClFN2S/c1-3-18-9-11-8-12(17)4-6-14(11)19(2)10-13-5-7-15(16)20-13/h4-8,18H,3,9-10H2,1-2H3. The fourth-order valence-corrected chi connectivity index (χ4v) is 3.22. The summed E-state index contributed by atoms with van der Waals surface area (Å²) in [4.78, 5) is 3.31. The van der Waals surface area contributed by atoms with E-state index in [-0.39, 0.29) is 5.82 Å². The normalized spacial score (nSPS) is 10.8. The highest BCUT2D eigenvalue weighted by molar-refractivity contribution is 7.16. The summed E-state index contributed by atoms with van der Waals surface area (Å²) in [5.41, 5.74) is 2.01. The van der Waals surface area contributed by atoms with Crippen LogP contribution in [0.4, 0.5) is 10.1 Å². The summed E-state index contributed by atoms with van der Waals surface area (Å²) in [6.45, 7) is 4.33. The van der Waals surface area contributed by atoms with Crippen molar-refractivity contribution in [2.75, 3.05) is 18.5 Å². The van der Waals surface area contributed by atoms with Crippen LogP contribution in [0.1, 0.15) is 17.4 Å². The molecule has 0 amide bonds. The number of halogens is 2. The van der Waals surface area contributed by atoms with Crippen LogP contribution in [0, 0.1) is 5.82 Å². The molecule has 0 atom stereocenters. The quantitative estimate of drug-likeness (QED) is 0.856. The first-order valence-corrected chi connectivity index (χ1v) is 7.74. The Labute approximate surface area is 128 Å². The minimum atomic E-state index is -0.200. The highest BCUT2D eigenvalue weighted by Crippen LogP contribution is 2.26. The Bertz CT molecular complexity index is 571. The molecule has 1 aromatic carbocycles. The Balaban J connectivity index is 2.17. The fraction of sp³-hybridized carbons (Fsp3) is 0.333. The van der Waals surface area contributed by atoms with E-state index < -0.39 is 0 Å². The lowest BCUT2D eigenvalue weighted by Crippen LogP contribution is -2.20. The molecule has 0 spiro atoms. The first-order chi connectivity index (χ1) is 9.60. The molecule has 0 radical (unpaired) electrons. The number of nitrogens with one attached hydrogen (secondary N) is 1. The topological polar surface area (TPSA) is 15.3 Å². The molecule has 1 aromatic heterocycles. The molecule has 1 heterocycles. The van der Waals surface area contributed by atoms with Gasteiger partial charge in [-0.25, -0.2) is 4.39 Å². The average Bonchev–Trinajstić information content (AvgIpc) is 2.81. The largest absolute Gasteiger partial charge is 0.369 e. The number of thiophene rings is 1.